The van der Waals surface area contributed by atoms with Crippen molar-refractivity contribution in [3.8, 4) is 11.5 Å². The zero-order chi connectivity index (χ0) is 21.0. The lowest BCUT2D eigenvalue weighted by Crippen LogP contribution is -2.67. The van der Waals surface area contributed by atoms with Gasteiger partial charge in [0, 0.05) is 36.1 Å². The van der Waals surface area contributed by atoms with Crippen LogP contribution in [0.1, 0.15) is 39.7 Å². The molecule has 30 heavy (non-hydrogen) atoms. The number of hydrogen-bond acceptors (Lipinski definition) is 4. The van der Waals surface area contributed by atoms with E-state index in [1.54, 1.807) is 25.1 Å². The van der Waals surface area contributed by atoms with Crippen LogP contribution in [0.25, 0.3) is 0 Å². The Bertz CT molecular complexity index is 733. The van der Waals surface area contributed by atoms with Crippen LogP contribution in [-0.2, 0) is 11.3 Å². The number of benzene rings is 1. The van der Waals surface area contributed by atoms with Gasteiger partial charge in [0.25, 0.3) is 0 Å². The highest BCUT2D eigenvalue weighted by Crippen LogP contribution is 2.52. The normalized spacial score (nSPS) is 24.5. The van der Waals surface area contributed by atoms with Crippen LogP contribution in [0.4, 0.5) is 8.78 Å². The molecule has 3 unspecified atom stereocenters. The van der Waals surface area contributed by atoms with Gasteiger partial charge in [0.2, 0.25) is 0 Å². The summed E-state index contributed by atoms with van der Waals surface area (Å²) in [6.45, 7) is 7.29. The van der Waals surface area contributed by atoms with E-state index in [-0.39, 0.29) is 53.8 Å². The molecule has 1 aromatic carbocycles. The summed E-state index contributed by atoms with van der Waals surface area (Å²) >= 11 is 0. The largest absolute Gasteiger partial charge is 0.490 e. The van der Waals surface area contributed by atoms with Gasteiger partial charge in [0.15, 0.2) is 17.5 Å². The lowest BCUT2D eigenvalue weighted by molar-refractivity contribution is -0.106. The number of ether oxygens (including phenoxy) is 3. The van der Waals surface area contributed by atoms with Crippen molar-refractivity contribution in [1.82, 2.24) is 10.6 Å². The molecule has 1 heterocycles. The lowest BCUT2D eigenvalue weighted by Gasteiger charge is -2.54. The van der Waals surface area contributed by atoms with Gasteiger partial charge < -0.3 is 24.8 Å². The van der Waals surface area contributed by atoms with E-state index in [0.717, 1.165) is 13.0 Å². The van der Waals surface area contributed by atoms with Crippen molar-refractivity contribution in [3.63, 3.8) is 0 Å². The maximum atomic E-state index is 12.9. The van der Waals surface area contributed by atoms with Gasteiger partial charge in [0.05, 0.1) is 19.3 Å². The summed E-state index contributed by atoms with van der Waals surface area (Å²) in [6, 6.07) is 5.35. The van der Waals surface area contributed by atoms with Crippen molar-refractivity contribution < 1.29 is 23.0 Å². The molecule has 0 spiro atoms. The molecular weight excluding hydrogens is 507 g/mol. The minimum absolute atomic E-state index is 0. The first-order chi connectivity index (χ1) is 13.9. The highest BCUT2D eigenvalue weighted by atomic mass is 127. The van der Waals surface area contributed by atoms with Gasteiger partial charge in [-0.1, -0.05) is 26.0 Å². The molecule has 9 heteroatoms. The molecule has 6 nitrogen and oxygen atoms in total. The average molecular weight is 539 g/mol. The van der Waals surface area contributed by atoms with Gasteiger partial charge in [-0.05, 0) is 26.3 Å². The Kier molecular flexibility index (Phi) is 8.96. The molecule has 1 aliphatic carbocycles. The van der Waals surface area contributed by atoms with Gasteiger partial charge in [-0.3, -0.25) is 0 Å². The molecule has 2 aliphatic rings. The molecule has 1 aromatic rings. The number of nitrogens with one attached hydrogen (secondary N) is 2. The topological polar surface area (TPSA) is 64.1 Å². The summed E-state index contributed by atoms with van der Waals surface area (Å²) in [5.74, 6) is 1.45. The Labute approximate surface area is 194 Å². The van der Waals surface area contributed by atoms with Gasteiger partial charge in [-0.25, -0.2) is 4.99 Å². The van der Waals surface area contributed by atoms with E-state index < -0.39 is 6.61 Å². The molecule has 1 saturated heterocycles. The lowest BCUT2D eigenvalue weighted by atomic mass is 9.57. The maximum absolute atomic E-state index is 12.9. The van der Waals surface area contributed by atoms with Crippen molar-refractivity contribution in [3.05, 3.63) is 23.8 Å². The quantitative estimate of drug-likeness (QED) is 0.295. The van der Waals surface area contributed by atoms with Crippen LogP contribution in [0.15, 0.2) is 23.2 Å². The zero-order valence-electron chi connectivity index (χ0n) is 17.9. The van der Waals surface area contributed by atoms with E-state index in [1.165, 1.54) is 0 Å². The number of para-hydroxylation sites is 1. The third-order valence-corrected chi connectivity index (χ3v) is 5.71. The standard InChI is InChI=1S/C21H31F2N3O3.HI/c1-5-24-20(26-17-14-10-11-28-18(14)21(17,3)4)25-12-13-8-7-9-15(27-6-2)16(13)29-19(22)23;/h7-9,14,17-19H,5-6,10-12H2,1-4H3,(H2,24,25,26);1H. The van der Waals surface area contributed by atoms with Crippen molar-refractivity contribution in [1.29, 1.82) is 0 Å². The number of hydrogen-bond donors (Lipinski definition) is 2. The first-order valence-electron chi connectivity index (χ1n) is 10.2. The van der Waals surface area contributed by atoms with Crippen LogP contribution in [-0.4, -0.2) is 44.5 Å². The molecule has 3 rings (SSSR count). The molecule has 1 aliphatic heterocycles. The van der Waals surface area contributed by atoms with Crippen molar-refractivity contribution in [2.24, 2.45) is 16.3 Å². The van der Waals surface area contributed by atoms with Crippen molar-refractivity contribution >= 4 is 29.9 Å². The number of halogens is 3. The van der Waals surface area contributed by atoms with Gasteiger partial charge in [-0.15, -0.1) is 24.0 Å². The second-order valence-electron chi connectivity index (χ2n) is 7.94. The van der Waals surface area contributed by atoms with E-state index in [4.69, 9.17) is 14.2 Å². The van der Waals surface area contributed by atoms with Crippen LogP contribution in [0.5, 0.6) is 11.5 Å². The molecule has 170 valence electrons. The van der Waals surface area contributed by atoms with Crippen LogP contribution in [0, 0.1) is 11.3 Å². The molecule has 0 amide bonds. The predicted octanol–water partition coefficient (Wildman–Crippen LogP) is 4.17. The van der Waals surface area contributed by atoms with Crippen molar-refractivity contribution in [2.45, 2.75) is 59.4 Å². The summed E-state index contributed by atoms with van der Waals surface area (Å²) < 4.78 is 41.9. The Morgan fingerprint density at radius 1 is 1.33 bits per heavy atom. The smallest absolute Gasteiger partial charge is 0.387 e. The highest BCUT2D eigenvalue weighted by Gasteiger charge is 2.59. The SMILES string of the molecule is CCNC(=NCc1cccc(OCC)c1OC(F)F)NC1C2CCOC2C1(C)C.I. The molecule has 2 N–H and O–H groups in total. The first kappa shape index (κ1) is 24.9. The van der Waals surface area contributed by atoms with Gasteiger partial charge >= 0.3 is 6.61 Å². The second kappa shape index (κ2) is 10.8. The van der Waals surface area contributed by atoms with E-state index >= 15 is 0 Å². The Morgan fingerprint density at radius 3 is 2.77 bits per heavy atom. The monoisotopic (exact) mass is 539 g/mol. The second-order valence-corrected chi connectivity index (χ2v) is 7.94. The molecule has 1 saturated carbocycles. The molecule has 0 radical (unpaired) electrons. The van der Waals surface area contributed by atoms with Crippen LogP contribution in [0.3, 0.4) is 0 Å². The van der Waals surface area contributed by atoms with E-state index in [2.05, 4.69) is 29.5 Å². The minimum atomic E-state index is -2.93. The van der Waals surface area contributed by atoms with E-state index in [1.807, 2.05) is 6.92 Å². The molecule has 0 aromatic heterocycles. The van der Waals surface area contributed by atoms with E-state index in [0.29, 0.717) is 36.3 Å². The van der Waals surface area contributed by atoms with E-state index in [9.17, 15) is 8.78 Å². The first-order valence-corrected chi connectivity index (χ1v) is 10.2. The fourth-order valence-electron chi connectivity index (χ4n) is 4.43. The van der Waals surface area contributed by atoms with Crippen LogP contribution < -0.4 is 20.1 Å². The predicted molar refractivity (Wildman–Crippen MR) is 123 cm³/mol. The number of rotatable bonds is 8. The number of alkyl halides is 2. The summed E-state index contributed by atoms with van der Waals surface area (Å²) in [7, 11) is 0. The highest BCUT2D eigenvalue weighted by molar-refractivity contribution is 14.0. The number of guanidine groups is 1. The summed E-state index contributed by atoms with van der Waals surface area (Å²) in [5, 5.41) is 6.77. The third-order valence-electron chi connectivity index (χ3n) is 5.71. The third kappa shape index (κ3) is 5.27. The number of fused-ring (bicyclic) bond motifs is 1. The molecular formula is C21H32F2IN3O3. The molecule has 2 fully saturated rings. The number of aliphatic imine (C=N–C) groups is 1. The molecule has 0 bridgehead atoms. The fraction of sp³-hybridized carbons (Fsp3) is 0.667. The Balaban J connectivity index is 0.00000320. The summed E-state index contributed by atoms with van der Waals surface area (Å²) in [6.07, 6.45) is 1.31. The van der Waals surface area contributed by atoms with Gasteiger partial charge in [-0.2, -0.15) is 8.78 Å². The van der Waals surface area contributed by atoms with Crippen LogP contribution >= 0.6 is 24.0 Å². The summed E-state index contributed by atoms with van der Waals surface area (Å²) in [5.41, 5.74) is 0.555. The van der Waals surface area contributed by atoms with Crippen molar-refractivity contribution in [2.75, 3.05) is 19.8 Å². The van der Waals surface area contributed by atoms with Gasteiger partial charge in [0.1, 0.15) is 0 Å². The Morgan fingerprint density at radius 2 is 2.10 bits per heavy atom. The van der Waals surface area contributed by atoms with Crippen LogP contribution in [0.2, 0.25) is 0 Å². The maximum Gasteiger partial charge on any atom is 0.387 e. The Hall–Kier alpha value is -1.36. The summed E-state index contributed by atoms with van der Waals surface area (Å²) in [4.78, 5) is 4.63. The average Bonchev–Trinajstić information content (AvgIpc) is 3.13. The zero-order valence-corrected chi connectivity index (χ0v) is 20.2. The number of nitrogens with zero attached hydrogens (tertiary/aromatic N) is 1. The molecule has 3 atom stereocenters. The minimum Gasteiger partial charge on any atom is -0.490 e. The fourth-order valence-corrected chi connectivity index (χ4v) is 4.43.